The van der Waals surface area contributed by atoms with E-state index in [1.165, 1.54) is 5.56 Å². The molecule has 0 unspecified atom stereocenters. The van der Waals surface area contributed by atoms with Crippen LogP contribution >= 0.6 is 0 Å². The predicted octanol–water partition coefficient (Wildman–Crippen LogP) is 3.66. The molecule has 0 aliphatic heterocycles. The normalized spacial score (nSPS) is 10.8. The molecule has 7 heteroatoms. The maximum Gasteiger partial charge on any atom is 0.251 e. The SMILES string of the molecule is COc1ccc(C(=O)NCCn2c(CCc3ccccc3)nc3cccnc32)cc1OC. The van der Waals surface area contributed by atoms with Gasteiger partial charge in [-0.3, -0.25) is 4.79 Å². The van der Waals surface area contributed by atoms with Crippen molar-refractivity contribution in [1.29, 1.82) is 0 Å². The first-order valence-corrected chi connectivity index (χ1v) is 10.5. The number of hydrogen-bond donors (Lipinski definition) is 1. The van der Waals surface area contributed by atoms with Gasteiger partial charge in [0.15, 0.2) is 17.1 Å². The molecule has 0 bridgehead atoms. The van der Waals surface area contributed by atoms with Crippen LogP contribution in [0.3, 0.4) is 0 Å². The fourth-order valence-electron chi connectivity index (χ4n) is 3.69. The molecule has 2 aromatic heterocycles. The zero-order chi connectivity index (χ0) is 22.3. The molecule has 32 heavy (non-hydrogen) atoms. The minimum absolute atomic E-state index is 0.172. The van der Waals surface area contributed by atoms with Gasteiger partial charge in [0.2, 0.25) is 0 Å². The van der Waals surface area contributed by atoms with Gasteiger partial charge in [-0.1, -0.05) is 30.3 Å². The summed E-state index contributed by atoms with van der Waals surface area (Å²) in [5.74, 6) is 1.90. The van der Waals surface area contributed by atoms with Gasteiger partial charge in [0, 0.05) is 31.3 Å². The Balaban J connectivity index is 1.46. The van der Waals surface area contributed by atoms with Crippen molar-refractivity contribution in [2.45, 2.75) is 19.4 Å². The number of rotatable bonds is 9. The maximum absolute atomic E-state index is 12.7. The number of amides is 1. The molecule has 1 N–H and O–H groups in total. The van der Waals surface area contributed by atoms with E-state index in [-0.39, 0.29) is 5.91 Å². The monoisotopic (exact) mass is 430 g/mol. The first-order chi connectivity index (χ1) is 15.7. The highest BCUT2D eigenvalue weighted by atomic mass is 16.5. The zero-order valence-corrected chi connectivity index (χ0v) is 18.2. The van der Waals surface area contributed by atoms with Gasteiger partial charge in [-0.15, -0.1) is 0 Å². The highest BCUT2D eigenvalue weighted by Crippen LogP contribution is 2.27. The number of ether oxygens (including phenoxy) is 2. The number of aryl methyl sites for hydroxylation is 2. The molecule has 4 aromatic rings. The number of carbonyl (C=O) groups is 1. The van der Waals surface area contributed by atoms with Crippen LogP contribution in [-0.2, 0) is 19.4 Å². The summed E-state index contributed by atoms with van der Waals surface area (Å²) in [6.07, 6.45) is 3.45. The summed E-state index contributed by atoms with van der Waals surface area (Å²) in [5, 5.41) is 2.98. The van der Waals surface area contributed by atoms with Crippen molar-refractivity contribution in [3.8, 4) is 11.5 Å². The Labute approximate surface area is 187 Å². The topological polar surface area (TPSA) is 78.3 Å². The second kappa shape index (κ2) is 9.96. The lowest BCUT2D eigenvalue weighted by Crippen LogP contribution is -2.27. The van der Waals surface area contributed by atoms with Crippen LogP contribution in [0, 0.1) is 0 Å². The van der Waals surface area contributed by atoms with Crippen molar-refractivity contribution >= 4 is 17.1 Å². The second-order valence-electron chi connectivity index (χ2n) is 7.34. The fraction of sp³-hybridized carbons (Fsp3) is 0.240. The van der Waals surface area contributed by atoms with Crippen LogP contribution in [0.15, 0.2) is 66.9 Å². The van der Waals surface area contributed by atoms with E-state index in [0.29, 0.717) is 30.2 Å². The van der Waals surface area contributed by atoms with Crippen LogP contribution in [0.2, 0.25) is 0 Å². The van der Waals surface area contributed by atoms with Crippen LogP contribution in [0.4, 0.5) is 0 Å². The number of nitrogens with zero attached hydrogens (tertiary/aromatic N) is 3. The number of benzene rings is 2. The van der Waals surface area contributed by atoms with Crippen molar-refractivity contribution in [3.63, 3.8) is 0 Å². The van der Waals surface area contributed by atoms with E-state index in [1.54, 1.807) is 38.6 Å². The Morgan fingerprint density at radius 3 is 2.56 bits per heavy atom. The van der Waals surface area contributed by atoms with Gasteiger partial charge in [-0.25, -0.2) is 9.97 Å². The van der Waals surface area contributed by atoms with Crippen molar-refractivity contribution < 1.29 is 14.3 Å². The number of nitrogens with one attached hydrogen (secondary N) is 1. The summed E-state index contributed by atoms with van der Waals surface area (Å²) in [6.45, 7) is 1.03. The molecule has 0 saturated carbocycles. The lowest BCUT2D eigenvalue weighted by Gasteiger charge is -2.12. The summed E-state index contributed by atoms with van der Waals surface area (Å²) in [4.78, 5) is 21.9. The summed E-state index contributed by atoms with van der Waals surface area (Å²) in [5.41, 5.74) is 3.47. The van der Waals surface area contributed by atoms with Gasteiger partial charge < -0.3 is 19.4 Å². The van der Waals surface area contributed by atoms with E-state index in [9.17, 15) is 4.79 Å². The molecule has 0 aliphatic carbocycles. The number of fused-ring (bicyclic) bond motifs is 1. The summed E-state index contributed by atoms with van der Waals surface area (Å²) < 4.78 is 12.6. The average Bonchev–Trinajstić information content (AvgIpc) is 3.20. The predicted molar refractivity (Wildman–Crippen MR) is 123 cm³/mol. The third-order valence-electron chi connectivity index (χ3n) is 5.33. The Kier molecular flexibility index (Phi) is 6.65. The third kappa shape index (κ3) is 4.72. The number of imidazole rings is 1. The van der Waals surface area contributed by atoms with Gasteiger partial charge in [0.25, 0.3) is 5.91 Å². The van der Waals surface area contributed by atoms with Crippen LogP contribution in [0.1, 0.15) is 21.7 Å². The van der Waals surface area contributed by atoms with E-state index < -0.39 is 0 Å². The van der Waals surface area contributed by atoms with Crippen LogP contribution in [0.5, 0.6) is 11.5 Å². The third-order valence-corrected chi connectivity index (χ3v) is 5.33. The number of methoxy groups -OCH3 is 2. The molecule has 1 amide bonds. The molecule has 0 fully saturated rings. The van der Waals surface area contributed by atoms with Crippen molar-refractivity contribution in [2.24, 2.45) is 0 Å². The van der Waals surface area contributed by atoms with Gasteiger partial charge >= 0.3 is 0 Å². The zero-order valence-electron chi connectivity index (χ0n) is 18.2. The molecule has 2 heterocycles. The largest absolute Gasteiger partial charge is 0.493 e. The quantitative estimate of drug-likeness (QED) is 0.438. The van der Waals surface area contributed by atoms with Crippen LogP contribution in [-0.4, -0.2) is 41.2 Å². The lowest BCUT2D eigenvalue weighted by molar-refractivity contribution is 0.0952. The molecule has 0 spiro atoms. The Bertz CT molecular complexity index is 1200. The Morgan fingerprint density at radius 2 is 1.78 bits per heavy atom. The van der Waals surface area contributed by atoms with E-state index in [1.807, 2.05) is 30.3 Å². The highest BCUT2D eigenvalue weighted by molar-refractivity contribution is 5.94. The van der Waals surface area contributed by atoms with Crippen molar-refractivity contribution in [2.75, 3.05) is 20.8 Å². The maximum atomic E-state index is 12.7. The first kappa shape index (κ1) is 21.4. The molecule has 0 atom stereocenters. The van der Waals surface area contributed by atoms with Crippen molar-refractivity contribution in [1.82, 2.24) is 19.9 Å². The van der Waals surface area contributed by atoms with Gasteiger partial charge in [0.1, 0.15) is 11.3 Å². The molecule has 2 aromatic carbocycles. The standard InChI is InChI=1S/C25H26N4O3/c1-31-21-12-11-19(17-22(21)32-2)25(30)27-15-16-29-23(13-10-18-7-4-3-5-8-18)28-20-9-6-14-26-24(20)29/h3-9,11-12,14,17H,10,13,15-16H2,1-2H3,(H,27,30). The number of hydrogen-bond acceptors (Lipinski definition) is 5. The molecular weight excluding hydrogens is 404 g/mol. The van der Waals surface area contributed by atoms with Gasteiger partial charge in [-0.05, 0) is 42.3 Å². The summed E-state index contributed by atoms with van der Waals surface area (Å²) in [6, 6.07) is 19.3. The van der Waals surface area contributed by atoms with E-state index >= 15 is 0 Å². The Morgan fingerprint density at radius 1 is 0.969 bits per heavy atom. The van der Waals surface area contributed by atoms with Crippen LogP contribution in [0.25, 0.3) is 11.2 Å². The smallest absolute Gasteiger partial charge is 0.251 e. The number of carbonyl (C=O) groups excluding carboxylic acids is 1. The van der Waals surface area contributed by atoms with Gasteiger partial charge in [0.05, 0.1) is 14.2 Å². The van der Waals surface area contributed by atoms with E-state index in [4.69, 9.17) is 14.5 Å². The molecular formula is C25H26N4O3. The Hall–Kier alpha value is -3.87. The number of aromatic nitrogens is 3. The lowest BCUT2D eigenvalue weighted by atomic mass is 10.1. The summed E-state index contributed by atoms with van der Waals surface area (Å²) >= 11 is 0. The minimum Gasteiger partial charge on any atom is -0.493 e. The molecule has 4 rings (SSSR count). The fourth-order valence-corrected chi connectivity index (χ4v) is 3.69. The average molecular weight is 431 g/mol. The molecule has 164 valence electrons. The van der Waals surface area contributed by atoms with E-state index in [0.717, 1.165) is 29.8 Å². The molecule has 0 aliphatic rings. The number of pyridine rings is 1. The highest BCUT2D eigenvalue weighted by Gasteiger charge is 2.14. The molecule has 0 radical (unpaired) electrons. The van der Waals surface area contributed by atoms with Gasteiger partial charge in [-0.2, -0.15) is 0 Å². The van der Waals surface area contributed by atoms with E-state index in [2.05, 4.69) is 27.0 Å². The summed E-state index contributed by atoms with van der Waals surface area (Å²) in [7, 11) is 3.12. The van der Waals surface area contributed by atoms with Crippen molar-refractivity contribution in [3.05, 3.63) is 83.8 Å². The molecule has 7 nitrogen and oxygen atoms in total. The molecule has 0 saturated heterocycles. The first-order valence-electron chi connectivity index (χ1n) is 10.5. The van der Waals surface area contributed by atoms with Crippen LogP contribution < -0.4 is 14.8 Å². The minimum atomic E-state index is -0.172. The second-order valence-corrected chi connectivity index (χ2v) is 7.34.